The highest BCUT2D eigenvalue weighted by Crippen LogP contribution is 2.42. The molecule has 0 spiro atoms. The summed E-state index contributed by atoms with van der Waals surface area (Å²) >= 11 is 0. The lowest BCUT2D eigenvalue weighted by atomic mass is 10.1. The van der Waals surface area contributed by atoms with E-state index in [-0.39, 0.29) is 30.4 Å². The Morgan fingerprint density at radius 3 is 3.00 bits per heavy atom. The van der Waals surface area contributed by atoms with Crippen LogP contribution in [0.4, 0.5) is 5.69 Å². The summed E-state index contributed by atoms with van der Waals surface area (Å²) in [6.07, 6.45) is 0. The van der Waals surface area contributed by atoms with Crippen molar-refractivity contribution >= 4 is 12.2 Å². The summed E-state index contributed by atoms with van der Waals surface area (Å²) in [4.78, 5) is 20.2. The van der Waals surface area contributed by atoms with Crippen molar-refractivity contribution in [1.82, 2.24) is 0 Å². The molecule has 1 aliphatic heterocycles. The predicted molar refractivity (Wildman–Crippen MR) is 49.7 cm³/mol. The number of hydrogen-bond donors (Lipinski definition) is 0. The Morgan fingerprint density at radius 2 is 2.31 bits per heavy atom. The van der Waals surface area contributed by atoms with E-state index >= 15 is 0 Å². The lowest BCUT2D eigenvalue weighted by Gasteiger charge is -2.03. The van der Waals surface area contributed by atoms with Crippen LogP contribution in [-0.2, 0) is 16.1 Å². The summed E-state index contributed by atoms with van der Waals surface area (Å²) in [5.74, 6) is 0.377. The van der Waals surface area contributed by atoms with Gasteiger partial charge in [0.05, 0.1) is 10.5 Å². The molecule has 0 fully saturated rings. The fourth-order valence-electron chi connectivity index (χ4n) is 1.42. The van der Waals surface area contributed by atoms with Gasteiger partial charge >= 0.3 is 12.2 Å². The maximum absolute atomic E-state index is 10.9. The molecule has 0 amide bonds. The molecule has 7 heteroatoms. The molecule has 2 rings (SSSR count). The van der Waals surface area contributed by atoms with Gasteiger partial charge in [0.1, 0.15) is 6.61 Å². The Morgan fingerprint density at radius 1 is 1.50 bits per heavy atom. The molecule has 0 saturated heterocycles. The number of fused-ring (bicyclic) bond motifs is 1. The molecule has 0 aliphatic carbocycles. The van der Waals surface area contributed by atoms with Crippen molar-refractivity contribution in [3.63, 3.8) is 0 Å². The van der Waals surface area contributed by atoms with Gasteiger partial charge in [0, 0.05) is 0 Å². The average Bonchev–Trinajstić information content (AvgIpc) is 2.72. The van der Waals surface area contributed by atoms with Gasteiger partial charge in [-0.05, 0) is 12.1 Å². The third-order valence-electron chi connectivity index (χ3n) is 2.07. The lowest BCUT2D eigenvalue weighted by molar-refractivity contribution is -0.386. The molecule has 16 heavy (non-hydrogen) atoms. The van der Waals surface area contributed by atoms with Gasteiger partial charge in [-0.3, -0.25) is 10.1 Å². The van der Waals surface area contributed by atoms with E-state index < -0.39 is 4.92 Å². The number of nitro benzene ring substituents is 1. The van der Waals surface area contributed by atoms with Gasteiger partial charge in [0.2, 0.25) is 12.5 Å². The van der Waals surface area contributed by atoms with Crippen LogP contribution in [0.2, 0.25) is 0 Å². The van der Waals surface area contributed by atoms with Crippen molar-refractivity contribution < 1.29 is 23.9 Å². The third kappa shape index (κ3) is 1.62. The average molecular weight is 224 g/mol. The second-order valence-corrected chi connectivity index (χ2v) is 2.94. The highest BCUT2D eigenvalue weighted by Gasteiger charge is 2.29. The zero-order chi connectivity index (χ0) is 11.5. The van der Waals surface area contributed by atoms with E-state index in [0.717, 1.165) is 0 Å². The van der Waals surface area contributed by atoms with Crippen molar-refractivity contribution in [1.29, 1.82) is 0 Å². The van der Waals surface area contributed by atoms with E-state index in [1.807, 2.05) is 0 Å². The van der Waals surface area contributed by atoms with Gasteiger partial charge in [-0.1, -0.05) is 0 Å². The van der Waals surface area contributed by atoms with E-state index in [0.29, 0.717) is 5.75 Å². The van der Waals surface area contributed by atoms with E-state index in [1.165, 1.54) is 18.6 Å². The van der Waals surface area contributed by atoms with Crippen LogP contribution in [0.15, 0.2) is 12.1 Å². The summed E-state index contributed by atoms with van der Waals surface area (Å²) < 4.78 is 14.4. The second-order valence-electron chi connectivity index (χ2n) is 2.94. The van der Waals surface area contributed by atoms with Gasteiger partial charge in [-0.25, -0.2) is 4.79 Å². The first-order valence-corrected chi connectivity index (χ1v) is 4.29. The number of benzene rings is 1. The van der Waals surface area contributed by atoms with Crippen LogP contribution >= 0.6 is 0 Å². The molecule has 1 radical (unpaired) electrons. The monoisotopic (exact) mass is 224 g/mol. The number of hydrogen-bond acceptors (Lipinski definition) is 6. The molecular formula is C9H6NO6. The maximum Gasteiger partial charge on any atom is 0.417 e. The molecule has 0 bridgehead atoms. The number of nitrogens with zero attached hydrogens (tertiary/aromatic N) is 1. The lowest BCUT2D eigenvalue weighted by Crippen LogP contribution is -1.99. The van der Waals surface area contributed by atoms with Crippen LogP contribution in [0.5, 0.6) is 11.5 Å². The van der Waals surface area contributed by atoms with Gasteiger partial charge < -0.3 is 14.2 Å². The van der Waals surface area contributed by atoms with Crippen LogP contribution in [0, 0.1) is 10.1 Å². The van der Waals surface area contributed by atoms with Crippen LogP contribution in [-0.4, -0.2) is 18.2 Å². The highest BCUT2D eigenvalue weighted by molar-refractivity contribution is 5.61. The van der Waals surface area contributed by atoms with Crippen LogP contribution < -0.4 is 9.47 Å². The first kappa shape index (κ1) is 10.2. The largest absolute Gasteiger partial charge is 0.453 e. The molecular weight excluding hydrogens is 218 g/mol. The van der Waals surface area contributed by atoms with Gasteiger partial charge in [-0.2, -0.15) is 0 Å². The molecule has 1 aliphatic rings. The minimum absolute atomic E-state index is 0.0553. The van der Waals surface area contributed by atoms with Crippen LogP contribution in [0.3, 0.4) is 0 Å². The highest BCUT2D eigenvalue weighted by atomic mass is 16.7. The summed E-state index contributed by atoms with van der Waals surface area (Å²) in [7, 11) is 0. The van der Waals surface area contributed by atoms with Crippen molar-refractivity contribution in [3.8, 4) is 11.5 Å². The predicted octanol–water partition coefficient (Wildman–Crippen LogP) is 0.907. The normalized spacial score (nSPS) is 12.2. The van der Waals surface area contributed by atoms with Crippen LogP contribution in [0.1, 0.15) is 5.56 Å². The fraction of sp³-hybridized carbons (Fsp3) is 0.222. The number of rotatable bonds is 4. The molecule has 0 aromatic heterocycles. The first-order chi connectivity index (χ1) is 7.74. The van der Waals surface area contributed by atoms with Gasteiger partial charge in [-0.15, -0.1) is 0 Å². The standard InChI is InChI=1S/C9H6NO6/c11-4-14-3-6-1-2-7-9(16-5-15-7)8(6)10(12)13/h1-2H,3,5H2. The number of carbonyl (C=O) groups excluding carboxylic acids is 1. The molecule has 1 aromatic rings. The fourth-order valence-corrected chi connectivity index (χ4v) is 1.42. The Kier molecular flexibility index (Phi) is 2.59. The van der Waals surface area contributed by atoms with Crippen molar-refractivity contribution in [2.24, 2.45) is 0 Å². The number of ether oxygens (including phenoxy) is 3. The minimum atomic E-state index is -0.600. The quantitative estimate of drug-likeness (QED) is 0.557. The molecule has 7 nitrogen and oxygen atoms in total. The van der Waals surface area contributed by atoms with E-state index in [2.05, 4.69) is 4.74 Å². The Labute approximate surface area is 89.7 Å². The topological polar surface area (TPSA) is 87.9 Å². The summed E-state index contributed by atoms with van der Waals surface area (Å²) in [5.41, 5.74) is -0.0112. The number of nitro groups is 1. The second kappa shape index (κ2) is 4.05. The smallest absolute Gasteiger partial charge is 0.417 e. The van der Waals surface area contributed by atoms with Crippen LogP contribution in [0.25, 0.3) is 0 Å². The first-order valence-electron chi connectivity index (χ1n) is 4.29. The van der Waals surface area contributed by atoms with Gasteiger partial charge in [0.25, 0.3) is 0 Å². The SMILES string of the molecule is O=[C]OCc1ccc2c(c1[N+](=O)[O-])OCO2. The van der Waals surface area contributed by atoms with E-state index in [9.17, 15) is 14.9 Å². The van der Waals surface area contributed by atoms with Crippen molar-refractivity contribution in [2.45, 2.75) is 6.61 Å². The Hall–Kier alpha value is -2.31. The summed E-state index contributed by atoms with van der Waals surface area (Å²) in [6.45, 7) is 0.924. The third-order valence-corrected chi connectivity index (χ3v) is 2.07. The Balaban J connectivity index is 2.45. The molecule has 0 saturated carbocycles. The van der Waals surface area contributed by atoms with E-state index in [4.69, 9.17) is 9.47 Å². The zero-order valence-electron chi connectivity index (χ0n) is 7.97. The minimum Gasteiger partial charge on any atom is -0.453 e. The van der Waals surface area contributed by atoms with E-state index in [1.54, 1.807) is 0 Å². The molecule has 83 valence electrons. The van der Waals surface area contributed by atoms with Crippen molar-refractivity contribution in [3.05, 3.63) is 27.8 Å². The summed E-state index contributed by atoms with van der Waals surface area (Å²) in [6, 6.07) is 2.97. The molecule has 0 unspecified atom stereocenters. The molecule has 1 heterocycles. The summed E-state index contributed by atoms with van der Waals surface area (Å²) in [5, 5.41) is 10.9. The Bertz CT molecular complexity index is 444. The molecule has 0 N–H and O–H groups in total. The van der Waals surface area contributed by atoms with Crippen molar-refractivity contribution in [2.75, 3.05) is 6.79 Å². The molecule has 1 aromatic carbocycles. The molecule has 0 atom stereocenters. The maximum atomic E-state index is 10.9. The van der Waals surface area contributed by atoms with Gasteiger partial charge in [0.15, 0.2) is 5.75 Å². The zero-order valence-corrected chi connectivity index (χ0v) is 7.97.